The highest BCUT2D eigenvalue weighted by Gasteiger charge is 2.47. The summed E-state index contributed by atoms with van der Waals surface area (Å²) in [5, 5.41) is 0. The molecule has 2 fully saturated rings. The molecule has 0 aromatic heterocycles. The van der Waals surface area contributed by atoms with Gasteiger partial charge in [0, 0.05) is 18.7 Å². The zero-order valence-corrected chi connectivity index (χ0v) is 11.3. The number of ether oxygens (including phenoxy) is 1. The van der Waals surface area contributed by atoms with E-state index in [0.717, 1.165) is 19.4 Å². The molecule has 0 amide bonds. The average molecular weight is 249 g/mol. The van der Waals surface area contributed by atoms with Gasteiger partial charge in [0.15, 0.2) is 5.60 Å². The Morgan fingerprint density at radius 1 is 1.22 bits per heavy atom. The summed E-state index contributed by atoms with van der Waals surface area (Å²) in [5.41, 5.74) is 0.931. The summed E-state index contributed by atoms with van der Waals surface area (Å²) >= 11 is 0. The van der Waals surface area contributed by atoms with E-state index in [9.17, 15) is 4.79 Å². The molecular formula is C15H23NO2. The van der Waals surface area contributed by atoms with Gasteiger partial charge in [-0.3, -0.25) is 0 Å². The summed E-state index contributed by atoms with van der Waals surface area (Å²) < 4.78 is 5.73. The Morgan fingerprint density at radius 3 is 2.72 bits per heavy atom. The van der Waals surface area contributed by atoms with E-state index in [2.05, 4.69) is 11.8 Å². The van der Waals surface area contributed by atoms with Crippen molar-refractivity contribution < 1.29 is 9.53 Å². The van der Waals surface area contributed by atoms with Crippen molar-refractivity contribution in [2.24, 2.45) is 0 Å². The second kappa shape index (κ2) is 4.60. The molecule has 1 saturated heterocycles. The molecule has 2 aliphatic heterocycles. The fourth-order valence-electron chi connectivity index (χ4n) is 3.80. The molecule has 0 N–H and O–H groups in total. The summed E-state index contributed by atoms with van der Waals surface area (Å²) in [6.45, 7) is 3.37. The summed E-state index contributed by atoms with van der Waals surface area (Å²) in [6.07, 6.45) is 11.3. The fraction of sp³-hybridized carbons (Fsp3) is 0.800. The smallest absolute Gasteiger partial charge is 0.333 e. The minimum Gasteiger partial charge on any atom is -0.449 e. The second-order valence-electron chi connectivity index (χ2n) is 6.04. The Balaban J connectivity index is 1.87. The molecule has 0 bridgehead atoms. The van der Waals surface area contributed by atoms with Gasteiger partial charge in [0.1, 0.15) is 0 Å². The van der Waals surface area contributed by atoms with E-state index in [1.165, 1.54) is 44.2 Å². The standard InChI is InChI=1S/C15H23NO2/c1-12-7-3-6-10-16(12)13-11-14(17)18-15(13)8-4-2-5-9-15/h11-12H,2-10H2,1H3/t12-/m0/s1. The molecule has 3 aliphatic rings. The quantitative estimate of drug-likeness (QED) is 0.669. The first kappa shape index (κ1) is 12.1. The van der Waals surface area contributed by atoms with Crippen LogP contribution in [0.15, 0.2) is 11.8 Å². The summed E-state index contributed by atoms with van der Waals surface area (Å²) in [5.74, 6) is -0.121. The second-order valence-corrected chi connectivity index (χ2v) is 6.04. The van der Waals surface area contributed by atoms with Crippen LogP contribution in [0.5, 0.6) is 0 Å². The number of hydrogen-bond donors (Lipinski definition) is 0. The lowest BCUT2D eigenvalue weighted by Gasteiger charge is -2.44. The van der Waals surface area contributed by atoms with Gasteiger partial charge >= 0.3 is 5.97 Å². The van der Waals surface area contributed by atoms with Crippen LogP contribution in [-0.2, 0) is 9.53 Å². The molecule has 18 heavy (non-hydrogen) atoms. The van der Waals surface area contributed by atoms with Crippen molar-refractivity contribution >= 4 is 5.97 Å². The molecule has 3 rings (SSSR count). The van der Waals surface area contributed by atoms with Gasteiger partial charge in [-0.2, -0.15) is 0 Å². The van der Waals surface area contributed by atoms with E-state index < -0.39 is 0 Å². The Hall–Kier alpha value is -0.990. The molecule has 0 aromatic rings. The Kier molecular flexibility index (Phi) is 3.08. The molecule has 1 atom stereocenters. The molecule has 1 aliphatic carbocycles. The Bertz CT molecular complexity index is 369. The predicted octanol–water partition coefficient (Wildman–Crippen LogP) is 3.00. The van der Waals surface area contributed by atoms with Crippen LogP contribution in [0.25, 0.3) is 0 Å². The molecular weight excluding hydrogens is 226 g/mol. The first-order valence-corrected chi connectivity index (χ1v) is 7.43. The van der Waals surface area contributed by atoms with Gasteiger partial charge < -0.3 is 9.64 Å². The molecule has 1 saturated carbocycles. The van der Waals surface area contributed by atoms with Gasteiger partial charge in [0.05, 0.1) is 5.70 Å². The van der Waals surface area contributed by atoms with Crippen LogP contribution < -0.4 is 0 Å². The van der Waals surface area contributed by atoms with Crippen molar-refractivity contribution in [3.63, 3.8) is 0 Å². The molecule has 2 heterocycles. The highest BCUT2D eigenvalue weighted by molar-refractivity contribution is 5.86. The fourth-order valence-corrected chi connectivity index (χ4v) is 3.80. The Morgan fingerprint density at radius 2 is 2.00 bits per heavy atom. The van der Waals surface area contributed by atoms with Crippen molar-refractivity contribution in [1.29, 1.82) is 0 Å². The maximum atomic E-state index is 11.8. The zero-order valence-electron chi connectivity index (χ0n) is 11.3. The number of esters is 1. The maximum Gasteiger partial charge on any atom is 0.333 e. The van der Waals surface area contributed by atoms with Crippen LogP contribution >= 0.6 is 0 Å². The summed E-state index contributed by atoms with van der Waals surface area (Å²) in [6, 6.07) is 0.554. The average Bonchev–Trinajstić information content (AvgIpc) is 2.67. The lowest BCUT2D eigenvalue weighted by Crippen LogP contribution is -2.46. The number of nitrogens with zero attached hydrogens (tertiary/aromatic N) is 1. The molecule has 3 heteroatoms. The number of hydrogen-bond acceptors (Lipinski definition) is 3. The van der Waals surface area contributed by atoms with Crippen molar-refractivity contribution in [2.75, 3.05) is 6.54 Å². The maximum absolute atomic E-state index is 11.8. The summed E-state index contributed by atoms with van der Waals surface area (Å²) in [4.78, 5) is 14.2. The topological polar surface area (TPSA) is 29.5 Å². The van der Waals surface area contributed by atoms with E-state index in [1.54, 1.807) is 6.08 Å². The normalized spacial score (nSPS) is 31.4. The third kappa shape index (κ3) is 1.94. The molecule has 1 spiro atoms. The van der Waals surface area contributed by atoms with Crippen LogP contribution in [0.3, 0.4) is 0 Å². The van der Waals surface area contributed by atoms with Crippen LogP contribution in [0.1, 0.15) is 58.3 Å². The van der Waals surface area contributed by atoms with Crippen molar-refractivity contribution in [2.45, 2.75) is 69.9 Å². The van der Waals surface area contributed by atoms with Crippen molar-refractivity contribution in [3.05, 3.63) is 11.8 Å². The van der Waals surface area contributed by atoms with E-state index in [4.69, 9.17) is 4.74 Å². The van der Waals surface area contributed by atoms with Crippen LogP contribution in [0.2, 0.25) is 0 Å². The van der Waals surface area contributed by atoms with Crippen LogP contribution in [0, 0.1) is 0 Å². The Labute approximate surface area is 109 Å². The molecule has 0 unspecified atom stereocenters. The van der Waals surface area contributed by atoms with Crippen molar-refractivity contribution in [3.8, 4) is 0 Å². The number of carbonyl (C=O) groups excluding carboxylic acids is 1. The van der Waals surface area contributed by atoms with E-state index in [0.29, 0.717) is 6.04 Å². The molecule has 100 valence electrons. The first-order chi connectivity index (χ1) is 8.71. The zero-order chi connectivity index (χ0) is 12.6. The minimum absolute atomic E-state index is 0.121. The van der Waals surface area contributed by atoms with Crippen molar-refractivity contribution in [1.82, 2.24) is 4.90 Å². The monoisotopic (exact) mass is 249 g/mol. The number of piperidine rings is 1. The third-order valence-corrected chi connectivity index (χ3v) is 4.79. The largest absolute Gasteiger partial charge is 0.449 e. The number of rotatable bonds is 1. The molecule has 0 radical (unpaired) electrons. The SMILES string of the molecule is C[C@H]1CCCCN1C1=CC(=O)OC12CCCCC2. The molecule has 3 nitrogen and oxygen atoms in total. The van der Waals surface area contributed by atoms with Gasteiger partial charge in [-0.15, -0.1) is 0 Å². The van der Waals surface area contributed by atoms with Crippen LogP contribution in [0.4, 0.5) is 0 Å². The van der Waals surface area contributed by atoms with Gasteiger partial charge in [0.2, 0.25) is 0 Å². The minimum atomic E-state index is -0.263. The van der Waals surface area contributed by atoms with E-state index in [-0.39, 0.29) is 11.6 Å². The van der Waals surface area contributed by atoms with Gasteiger partial charge in [-0.25, -0.2) is 4.79 Å². The van der Waals surface area contributed by atoms with E-state index >= 15 is 0 Å². The third-order valence-electron chi connectivity index (χ3n) is 4.79. The summed E-state index contributed by atoms with van der Waals surface area (Å²) in [7, 11) is 0. The predicted molar refractivity (Wildman–Crippen MR) is 70.0 cm³/mol. The number of carbonyl (C=O) groups is 1. The lowest BCUT2D eigenvalue weighted by molar-refractivity contribution is -0.149. The van der Waals surface area contributed by atoms with E-state index in [1.807, 2.05) is 0 Å². The van der Waals surface area contributed by atoms with Gasteiger partial charge in [-0.05, 0) is 51.9 Å². The molecule has 0 aromatic carbocycles. The lowest BCUT2D eigenvalue weighted by atomic mass is 9.81. The first-order valence-electron chi connectivity index (χ1n) is 7.43. The highest BCUT2D eigenvalue weighted by atomic mass is 16.6. The highest BCUT2D eigenvalue weighted by Crippen LogP contribution is 2.44. The van der Waals surface area contributed by atoms with Gasteiger partial charge in [-0.1, -0.05) is 6.42 Å². The van der Waals surface area contributed by atoms with Gasteiger partial charge in [0.25, 0.3) is 0 Å². The van der Waals surface area contributed by atoms with Crippen LogP contribution in [-0.4, -0.2) is 29.1 Å². The number of likely N-dealkylation sites (tertiary alicyclic amines) is 1.